The fourth-order valence-electron chi connectivity index (χ4n) is 2.71. The molecule has 6 nitrogen and oxygen atoms in total. The van der Waals surface area contributed by atoms with E-state index in [1.54, 1.807) is 17.7 Å². The van der Waals surface area contributed by atoms with E-state index in [-0.39, 0.29) is 6.61 Å². The van der Waals surface area contributed by atoms with Gasteiger partial charge in [0.15, 0.2) is 11.0 Å². The van der Waals surface area contributed by atoms with Gasteiger partial charge in [-0.05, 0) is 41.9 Å². The highest BCUT2D eigenvalue weighted by molar-refractivity contribution is 7.99. The quantitative estimate of drug-likeness (QED) is 0.460. The second-order valence-electron chi connectivity index (χ2n) is 5.82. The number of hydrogen-bond donors (Lipinski definition) is 1. The van der Waals surface area contributed by atoms with Crippen LogP contribution in [0.25, 0.3) is 20.7 Å². The number of fused-ring (bicyclic) bond motifs is 1. The third kappa shape index (κ3) is 3.70. The minimum atomic E-state index is -0.132. The van der Waals surface area contributed by atoms with Gasteiger partial charge in [-0.25, -0.2) is 9.97 Å². The minimum absolute atomic E-state index is 0.132. The Balaban J connectivity index is 1.73. The second kappa shape index (κ2) is 7.93. The highest BCUT2D eigenvalue weighted by Gasteiger charge is 2.16. The minimum Gasteiger partial charge on any atom is -0.388 e. The molecular formula is C18H16ClN5OS2. The van der Waals surface area contributed by atoms with Crippen LogP contribution in [0, 0.1) is 0 Å². The first-order valence-electron chi connectivity index (χ1n) is 8.41. The van der Waals surface area contributed by atoms with Crippen LogP contribution >= 0.6 is 34.7 Å². The topological polar surface area (TPSA) is 76.7 Å². The predicted molar refractivity (Wildman–Crippen MR) is 108 cm³/mol. The summed E-state index contributed by atoms with van der Waals surface area (Å²) in [5, 5.41) is 20.1. The van der Waals surface area contributed by atoms with Gasteiger partial charge in [0.05, 0.1) is 10.2 Å². The standard InChI is InChI=1S/C18H16ClN5OS2/c1-2-7-24-15(9-25)22-23-18(24)27-17-16-13(20-10-21-17)8-14(26-16)11-3-5-12(19)6-4-11/h3-6,8,10,25H,2,7,9H2,1H3. The molecule has 138 valence electrons. The number of nitrogens with zero attached hydrogens (tertiary/aromatic N) is 5. The second-order valence-corrected chi connectivity index (χ2v) is 8.27. The number of aliphatic hydroxyl groups excluding tert-OH is 1. The van der Waals surface area contributed by atoms with Crippen molar-refractivity contribution >= 4 is 44.9 Å². The lowest BCUT2D eigenvalue weighted by Crippen LogP contribution is -2.04. The first-order chi connectivity index (χ1) is 13.2. The largest absolute Gasteiger partial charge is 0.388 e. The summed E-state index contributed by atoms with van der Waals surface area (Å²) in [6.45, 7) is 2.70. The zero-order chi connectivity index (χ0) is 18.8. The number of aromatic nitrogens is 5. The maximum atomic E-state index is 9.48. The molecular weight excluding hydrogens is 402 g/mol. The molecule has 3 heterocycles. The molecule has 0 spiro atoms. The molecule has 0 fully saturated rings. The van der Waals surface area contributed by atoms with Crippen LogP contribution in [0.15, 0.2) is 46.8 Å². The summed E-state index contributed by atoms with van der Waals surface area (Å²) in [5.74, 6) is 0.567. The number of halogens is 1. The van der Waals surface area contributed by atoms with Crippen LogP contribution in [-0.2, 0) is 13.2 Å². The van der Waals surface area contributed by atoms with Crippen molar-refractivity contribution in [2.75, 3.05) is 0 Å². The molecule has 27 heavy (non-hydrogen) atoms. The molecule has 0 bridgehead atoms. The monoisotopic (exact) mass is 417 g/mol. The fraction of sp³-hybridized carbons (Fsp3) is 0.222. The molecule has 4 rings (SSSR count). The Morgan fingerprint density at radius 1 is 1.19 bits per heavy atom. The smallest absolute Gasteiger partial charge is 0.197 e. The van der Waals surface area contributed by atoms with Crippen molar-refractivity contribution in [2.45, 2.75) is 36.7 Å². The molecule has 0 aliphatic heterocycles. The van der Waals surface area contributed by atoms with E-state index in [9.17, 15) is 5.11 Å². The van der Waals surface area contributed by atoms with Crippen LogP contribution in [0.1, 0.15) is 19.2 Å². The summed E-state index contributed by atoms with van der Waals surface area (Å²) < 4.78 is 2.94. The predicted octanol–water partition coefficient (Wildman–Crippen LogP) is 4.66. The Morgan fingerprint density at radius 3 is 2.74 bits per heavy atom. The van der Waals surface area contributed by atoms with E-state index in [0.29, 0.717) is 10.8 Å². The number of rotatable bonds is 6. The number of aliphatic hydroxyl groups is 1. The molecule has 0 saturated carbocycles. The lowest BCUT2D eigenvalue weighted by Gasteiger charge is -2.07. The van der Waals surface area contributed by atoms with Crippen molar-refractivity contribution in [2.24, 2.45) is 0 Å². The summed E-state index contributed by atoms with van der Waals surface area (Å²) in [7, 11) is 0. The zero-order valence-corrected chi connectivity index (χ0v) is 16.9. The van der Waals surface area contributed by atoms with E-state index in [1.165, 1.54) is 11.8 Å². The summed E-state index contributed by atoms with van der Waals surface area (Å²) in [5.41, 5.74) is 1.99. The summed E-state index contributed by atoms with van der Waals surface area (Å²) in [6.07, 6.45) is 2.49. The summed E-state index contributed by atoms with van der Waals surface area (Å²) in [6, 6.07) is 9.82. The Hall–Kier alpha value is -2.00. The molecule has 0 aliphatic rings. The SMILES string of the molecule is CCCn1c(CO)nnc1Sc1ncnc2cc(-c3ccc(Cl)cc3)sc12. The van der Waals surface area contributed by atoms with Gasteiger partial charge in [-0.15, -0.1) is 21.5 Å². The van der Waals surface area contributed by atoms with E-state index < -0.39 is 0 Å². The fourth-order valence-corrected chi connectivity index (χ4v) is 4.94. The van der Waals surface area contributed by atoms with Crippen LogP contribution in [0.5, 0.6) is 0 Å². The van der Waals surface area contributed by atoms with Gasteiger partial charge < -0.3 is 9.67 Å². The Bertz CT molecular complexity index is 1080. The maximum Gasteiger partial charge on any atom is 0.197 e. The van der Waals surface area contributed by atoms with Crippen LogP contribution in [0.3, 0.4) is 0 Å². The molecule has 0 amide bonds. The van der Waals surface area contributed by atoms with Crippen molar-refractivity contribution in [3.8, 4) is 10.4 Å². The van der Waals surface area contributed by atoms with Crippen molar-refractivity contribution in [1.82, 2.24) is 24.7 Å². The molecule has 1 aromatic carbocycles. The van der Waals surface area contributed by atoms with Gasteiger partial charge in [0.2, 0.25) is 0 Å². The van der Waals surface area contributed by atoms with Crippen molar-refractivity contribution in [1.29, 1.82) is 0 Å². The van der Waals surface area contributed by atoms with Gasteiger partial charge in [0.25, 0.3) is 0 Å². The molecule has 4 aromatic rings. The molecule has 0 unspecified atom stereocenters. The third-order valence-electron chi connectivity index (χ3n) is 3.98. The number of thiophene rings is 1. The molecule has 0 radical (unpaired) electrons. The van der Waals surface area contributed by atoms with Gasteiger partial charge in [-0.1, -0.05) is 30.7 Å². The Kier molecular flexibility index (Phi) is 5.40. The van der Waals surface area contributed by atoms with Crippen LogP contribution in [0.2, 0.25) is 5.02 Å². The average molecular weight is 418 g/mol. The van der Waals surface area contributed by atoms with E-state index in [0.717, 1.165) is 43.8 Å². The van der Waals surface area contributed by atoms with Crippen LogP contribution in [-0.4, -0.2) is 29.8 Å². The number of hydrogen-bond acceptors (Lipinski definition) is 7. The van der Waals surface area contributed by atoms with Crippen molar-refractivity contribution < 1.29 is 5.11 Å². The lowest BCUT2D eigenvalue weighted by atomic mass is 10.2. The van der Waals surface area contributed by atoms with Gasteiger partial charge in [0, 0.05) is 16.4 Å². The normalized spacial score (nSPS) is 11.4. The van der Waals surface area contributed by atoms with Gasteiger partial charge in [-0.3, -0.25) is 0 Å². The van der Waals surface area contributed by atoms with Crippen LogP contribution < -0.4 is 0 Å². The molecule has 0 aliphatic carbocycles. The molecule has 9 heteroatoms. The van der Waals surface area contributed by atoms with Crippen LogP contribution in [0.4, 0.5) is 0 Å². The van der Waals surface area contributed by atoms with Crippen molar-refractivity contribution in [3.63, 3.8) is 0 Å². The summed E-state index contributed by atoms with van der Waals surface area (Å²) >= 11 is 9.08. The zero-order valence-electron chi connectivity index (χ0n) is 14.5. The van der Waals surface area contributed by atoms with E-state index in [2.05, 4.69) is 33.2 Å². The molecule has 0 saturated heterocycles. The lowest BCUT2D eigenvalue weighted by molar-refractivity contribution is 0.263. The third-order valence-corrected chi connectivity index (χ3v) is 6.53. The highest BCUT2D eigenvalue weighted by atomic mass is 35.5. The molecule has 0 atom stereocenters. The number of benzene rings is 1. The van der Waals surface area contributed by atoms with E-state index in [4.69, 9.17) is 11.6 Å². The van der Waals surface area contributed by atoms with E-state index >= 15 is 0 Å². The Labute approximate surface area is 169 Å². The average Bonchev–Trinajstić information content (AvgIpc) is 3.28. The van der Waals surface area contributed by atoms with Gasteiger partial charge in [-0.2, -0.15) is 0 Å². The van der Waals surface area contributed by atoms with Crippen molar-refractivity contribution in [3.05, 3.63) is 47.5 Å². The Morgan fingerprint density at radius 2 is 2.00 bits per heavy atom. The first kappa shape index (κ1) is 18.4. The van der Waals surface area contributed by atoms with Gasteiger partial charge >= 0.3 is 0 Å². The molecule has 1 N–H and O–H groups in total. The maximum absolute atomic E-state index is 9.48. The summed E-state index contributed by atoms with van der Waals surface area (Å²) in [4.78, 5) is 9.97. The molecule has 3 aromatic heterocycles. The van der Waals surface area contributed by atoms with E-state index in [1.807, 2.05) is 28.8 Å². The van der Waals surface area contributed by atoms with Gasteiger partial charge in [0.1, 0.15) is 18.0 Å². The highest BCUT2D eigenvalue weighted by Crippen LogP contribution is 2.39. The first-order valence-corrected chi connectivity index (χ1v) is 10.4.